The second kappa shape index (κ2) is 8.46. The number of aryl methyl sites for hydroxylation is 1. The van der Waals surface area contributed by atoms with Crippen LogP contribution >= 0.6 is 11.3 Å². The third-order valence-electron chi connectivity index (χ3n) is 5.27. The molecule has 4 N–H and O–H groups in total. The first-order valence-electron chi connectivity index (χ1n) is 9.68. The summed E-state index contributed by atoms with van der Waals surface area (Å²) < 4.78 is 0. The number of carbonyl (C=O) groups is 2. The molecule has 1 aliphatic heterocycles. The van der Waals surface area contributed by atoms with Gasteiger partial charge in [0.1, 0.15) is 5.75 Å². The first-order chi connectivity index (χ1) is 14.9. The van der Waals surface area contributed by atoms with E-state index in [2.05, 4.69) is 15.6 Å². The van der Waals surface area contributed by atoms with Crippen LogP contribution in [0.1, 0.15) is 16.0 Å². The molecule has 1 fully saturated rings. The Kier molecular flexibility index (Phi) is 5.73. The minimum Gasteiger partial charge on any atom is -0.508 e. The summed E-state index contributed by atoms with van der Waals surface area (Å²) in [6.45, 7) is 1.96. The second-order valence-electron chi connectivity index (χ2n) is 7.43. The van der Waals surface area contributed by atoms with Gasteiger partial charge in [0, 0.05) is 24.2 Å². The van der Waals surface area contributed by atoms with E-state index in [1.54, 1.807) is 35.4 Å². The lowest BCUT2D eigenvalue weighted by Crippen LogP contribution is -2.52. The Labute approximate surface area is 183 Å². The highest BCUT2D eigenvalue weighted by atomic mass is 32.1. The summed E-state index contributed by atoms with van der Waals surface area (Å²) in [5, 5.41) is 24.8. The Hall–Kier alpha value is -3.27. The van der Waals surface area contributed by atoms with E-state index < -0.39 is 17.5 Å². The number of aliphatic hydroxyl groups excluding tert-OH is 1. The normalized spacial score (nSPS) is 18.3. The molecule has 0 radical (unpaired) electrons. The molecule has 0 spiro atoms. The standard InChI is InChI=1S/C22H22N4O4S/c1-14-10-16(28)6-5-15(14)11-26(13-27)12-22(20(29)24-21(30)25-22)19-8-7-18(31-19)17-4-2-3-9-23-17/h2-10,27-28H,11-13H2,1H3,(H2,24,25,29,30). The van der Waals surface area contributed by atoms with Crippen molar-refractivity contribution < 1.29 is 19.8 Å². The number of nitrogens with one attached hydrogen (secondary N) is 2. The molecule has 1 saturated heterocycles. The van der Waals surface area contributed by atoms with Gasteiger partial charge in [-0.05, 0) is 54.4 Å². The van der Waals surface area contributed by atoms with Gasteiger partial charge >= 0.3 is 6.03 Å². The van der Waals surface area contributed by atoms with E-state index in [-0.39, 0.29) is 19.0 Å². The summed E-state index contributed by atoms with van der Waals surface area (Å²) in [6.07, 6.45) is 1.70. The Morgan fingerprint density at radius 3 is 2.65 bits per heavy atom. The fourth-order valence-corrected chi connectivity index (χ4v) is 4.77. The molecule has 0 saturated carbocycles. The minimum absolute atomic E-state index is 0.0730. The molecule has 1 unspecified atom stereocenters. The van der Waals surface area contributed by atoms with Crippen molar-refractivity contribution in [1.29, 1.82) is 0 Å². The van der Waals surface area contributed by atoms with Gasteiger partial charge in [0.25, 0.3) is 5.91 Å². The highest BCUT2D eigenvalue weighted by Crippen LogP contribution is 2.36. The van der Waals surface area contributed by atoms with Crippen LogP contribution in [0.2, 0.25) is 0 Å². The number of thiophene rings is 1. The molecule has 3 amide bonds. The molecule has 0 aliphatic carbocycles. The number of phenols is 1. The van der Waals surface area contributed by atoms with Crippen LogP contribution in [-0.2, 0) is 16.9 Å². The van der Waals surface area contributed by atoms with E-state index in [4.69, 9.17) is 0 Å². The maximum absolute atomic E-state index is 12.9. The molecule has 1 aliphatic rings. The zero-order valence-electron chi connectivity index (χ0n) is 16.8. The van der Waals surface area contributed by atoms with Gasteiger partial charge in [0.15, 0.2) is 5.54 Å². The number of nitrogens with zero attached hydrogens (tertiary/aromatic N) is 2. The minimum atomic E-state index is -1.33. The van der Waals surface area contributed by atoms with Gasteiger partial charge in [0.05, 0.1) is 17.3 Å². The van der Waals surface area contributed by atoms with Crippen molar-refractivity contribution in [1.82, 2.24) is 20.5 Å². The number of pyridine rings is 1. The second-order valence-corrected chi connectivity index (χ2v) is 8.52. The topological polar surface area (TPSA) is 115 Å². The van der Waals surface area contributed by atoms with E-state index >= 15 is 0 Å². The molecule has 3 heterocycles. The lowest BCUT2D eigenvalue weighted by Gasteiger charge is -2.31. The molecule has 1 atom stereocenters. The molecule has 31 heavy (non-hydrogen) atoms. The third-order valence-corrected chi connectivity index (χ3v) is 6.54. The summed E-state index contributed by atoms with van der Waals surface area (Å²) in [5.74, 6) is -0.302. The monoisotopic (exact) mass is 438 g/mol. The van der Waals surface area contributed by atoms with Crippen molar-refractivity contribution in [3.8, 4) is 16.3 Å². The summed E-state index contributed by atoms with van der Waals surface area (Å²) in [4.78, 5) is 32.5. The molecular weight excluding hydrogens is 416 g/mol. The smallest absolute Gasteiger partial charge is 0.322 e. The molecule has 8 nitrogen and oxygen atoms in total. The number of imide groups is 1. The summed E-state index contributed by atoms with van der Waals surface area (Å²) >= 11 is 1.37. The molecular formula is C22H22N4O4S. The summed E-state index contributed by atoms with van der Waals surface area (Å²) in [7, 11) is 0. The van der Waals surface area contributed by atoms with E-state index in [0.29, 0.717) is 11.4 Å². The van der Waals surface area contributed by atoms with Crippen LogP contribution in [0.15, 0.2) is 54.7 Å². The number of hydrogen-bond donors (Lipinski definition) is 4. The summed E-state index contributed by atoms with van der Waals surface area (Å²) in [5.41, 5.74) is 1.20. The largest absolute Gasteiger partial charge is 0.508 e. The van der Waals surface area contributed by atoms with Crippen molar-refractivity contribution >= 4 is 23.3 Å². The molecule has 4 rings (SSSR count). The van der Waals surface area contributed by atoms with Crippen LogP contribution < -0.4 is 10.6 Å². The van der Waals surface area contributed by atoms with Gasteiger partial charge in [-0.2, -0.15) is 0 Å². The van der Waals surface area contributed by atoms with Crippen LogP contribution in [0.4, 0.5) is 4.79 Å². The number of benzene rings is 1. The number of hydrogen-bond acceptors (Lipinski definition) is 7. The third kappa shape index (κ3) is 4.15. The predicted octanol–water partition coefficient (Wildman–Crippen LogP) is 2.31. The van der Waals surface area contributed by atoms with Crippen LogP contribution in [0.25, 0.3) is 10.6 Å². The summed E-state index contributed by atoms with van der Waals surface area (Å²) in [6, 6.07) is 13.7. The predicted molar refractivity (Wildman–Crippen MR) is 116 cm³/mol. The van der Waals surface area contributed by atoms with Crippen LogP contribution in [-0.4, -0.2) is 45.3 Å². The Balaban J connectivity index is 1.66. The Morgan fingerprint density at radius 2 is 2.00 bits per heavy atom. The highest BCUT2D eigenvalue weighted by molar-refractivity contribution is 7.15. The van der Waals surface area contributed by atoms with E-state index in [1.807, 2.05) is 31.2 Å². The zero-order valence-corrected chi connectivity index (χ0v) is 17.6. The molecule has 1 aromatic carbocycles. The Morgan fingerprint density at radius 1 is 1.16 bits per heavy atom. The highest BCUT2D eigenvalue weighted by Gasteiger charge is 2.49. The average molecular weight is 439 g/mol. The fourth-order valence-electron chi connectivity index (χ4n) is 3.66. The molecule has 0 bridgehead atoms. The van der Waals surface area contributed by atoms with Crippen LogP contribution in [0, 0.1) is 6.92 Å². The van der Waals surface area contributed by atoms with Crippen molar-refractivity contribution in [2.45, 2.75) is 19.0 Å². The lowest BCUT2D eigenvalue weighted by molar-refractivity contribution is -0.125. The van der Waals surface area contributed by atoms with Crippen LogP contribution in [0.3, 0.4) is 0 Å². The zero-order chi connectivity index (χ0) is 22.0. The van der Waals surface area contributed by atoms with E-state index in [9.17, 15) is 19.8 Å². The average Bonchev–Trinajstić information content (AvgIpc) is 3.35. The van der Waals surface area contributed by atoms with Gasteiger partial charge in [-0.15, -0.1) is 11.3 Å². The van der Waals surface area contributed by atoms with Crippen molar-refractivity contribution in [3.05, 3.63) is 70.7 Å². The number of aromatic hydroxyl groups is 1. The number of urea groups is 1. The number of phenolic OH excluding ortho intramolecular Hbond substituents is 1. The number of rotatable bonds is 7. The van der Waals surface area contributed by atoms with Crippen molar-refractivity contribution in [2.24, 2.45) is 0 Å². The molecule has 160 valence electrons. The van der Waals surface area contributed by atoms with E-state index in [1.165, 1.54) is 11.3 Å². The number of carbonyl (C=O) groups excluding carboxylic acids is 2. The first-order valence-corrected chi connectivity index (χ1v) is 10.5. The molecule has 9 heteroatoms. The number of amides is 3. The maximum atomic E-state index is 12.9. The van der Waals surface area contributed by atoms with Gasteiger partial charge in [-0.3, -0.25) is 20.0 Å². The lowest BCUT2D eigenvalue weighted by atomic mass is 9.96. The fraction of sp³-hybridized carbons (Fsp3) is 0.227. The molecule has 3 aromatic rings. The quantitative estimate of drug-likeness (QED) is 0.332. The molecule has 2 aromatic heterocycles. The number of aromatic nitrogens is 1. The first kappa shape index (κ1) is 21.0. The van der Waals surface area contributed by atoms with Gasteiger partial charge in [0.2, 0.25) is 0 Å². The Bertz CT molecular complexity index is 1120. The van der Waals surface area contributed by atoms with Crippen molar-refractivity contribution in [2.75, 3.05) is 13.3 Å². The van der Waals surface area contributed by atoms with Crippen LogP contribution in [0.5, 0.6) is 5.75 Å². The van der Waals surface area contributed by atoms with Gasteiger partial charge in [-0.25, -0.2) is 4.79 Å². The SMILES string of the molecule is Cc1cc(O)ccc1CN(CO)CC1(c2ccc(-c3ccccn3)s2)NC(=O)NC1=O. The maximum Gasteiger partial charge on any atom is 0.322 e. The van der Waals surface area contributed by atoms with Crippen molar-refractivity contribution in [3.63, 3.8) is 0 Å². The van der Waals surface area contributed by atoms with E-state index in [0.717, 1.165) is 21.7 Å². The number of aliphatic hydroxyl groups is 1. The van der Waals surface area contributed by atoms with Gasteiger partial charge in [-0.1, -0.05) is 12.1 Å². The van der Waals surface area contributed by atoms with Gasteiger partial charge < -0.3 is 15.5 Å².